The highest BCUT2D eigenvalue weighted by atomic mass is 31.2. The summed E-state index contributed by atoms with van der Waals surface area (Å²) in [6, 6.07) is 15.9. The third kappa shape index (κ3) is 14.6. The second-order valence-corrected chi connectivity index (χ2v) is 12.6. The molecule has 256 valence electrons. The zero-order valence-electron chi connectivity index (χ0n) is 27.0. The average Bonchev–Trinajstić information content (AvgIpc) is 3.00. The number of alkyl halides is 3. The van der Waals surface area contributed by atoms with Crippen LogP contribution >= 0.6 is 8.53 Å². The molecule has 2 rings (SSSR count). The van der Waals surface area contributed by atoms with Crippen molar-refractivity contribution < 1.29 is 41.3 Å². The van der Waals surface area contributed by atoms with Crippen molar-refractivity contribution in [2.45, 2.75) is 90.8 Å². The summed E-state index contributed by atoms with van der Waals surface area (Å²) in [7, 11) is -1.29. The summed E-state index contributed by atoms with van der Waals surface area (Å²) in [4.78, 5) is 23.8. The third-order valence-electron chi connectivity index (χ3n) is 6.67. The molecule has 0 saturated carbocycles. The molecule has 0 spiro atoms. The Morgan fingerprint density at radius 3 is 2.30 bits per heavy atom. The first-order valence-corrected chi connectivity index (χ1v) is 16.6. The number of fused-ring (bicyclic) bond motifs is 1. The van der Waals surface area contributed by atoms with Gasteiger partial charge in [0.15, 0.2) is 0 Å². The molecule has 2 aromatic carbocycles. The number of nitriles is 1. The molecule has 0 aliphatic carbocycles. The zero-order valence-corrected chi connectivity index (χ0v) is 27.9. The van der Waals surface area contributed by atoms with Gasteiger partial charge in [-0.1, -0.05) is 55.3 Å². The molecule has 0 radical (unpaired) electrons. The van der Waals surface area contributed by atoms with Crippen molar-refractivity contribution in [3.8, 4) is 6.07 Å². The molecule has 2 aromatic rings. The lowest BCUT2D eigenvalue weighted by Gasteiger charge is -2.35. The second-order valence-electron chi connectivity index (χ2n) is 11.1. The molecule has 2 atom stereocenters. The Morgan fingerprint density at radius 2 is 1.61 bits per heavy atom. The first kappa shape index (κ1) is 39.2. The van der Waals surface area contributed by atoms with Gasteiger partial charge in [0, 0.05) is 18.6 Å². The lowest BCUT2D eigenvalue weighted by Crippen LogP contribution is -2.44. The first-order chi connectivity index (χ1) is 21.9. The largest absolute Gasteiger partial charge is 0.471 e. The van der Waals surface area contributed by atoms with Gasteiger partial charge < -0.3 is 29.2 Å². The van der Waals surface area contributed by atoms with E-state index in [9.17, 15) is 22.8 Å². The summed E-state index contributed by atoms with van der Waals surface area (Å²) < 4.78 is 63.2. The molecular formula is C32H46F3N4O6P. The Kier molecular flexibility index (Phi) is 17.9. The number of nitrogens with zero attached hydrogens (tertiary/aromatic N) is 2. The molecule has 0 bridgehead atoms. The Bertz CT molecular complexity index is 1230. The van der Waals surface area contributed by atoms with E-state index in [1.165, 1.54) is 0 Å². The fourth-order valence-electron chi connectivity index (χ4n) is 4.58. The van der Waals surface area contributed by atoms with E-state index in [2.05, 4.69) is 43.8 Å². The van der Waals surface area contributed by atoms with Gasteiger partial charge in [0.2, 0.25) is 0 Å². The van der Waals surface area contributed by atoms with Crippen LogP contribution in [-0.2, 0) is 29.9 Å². The van der Waals surface area contributed by atoms with Gasteiger partial charge in [0.05, 0.1) is 45.5 Å². The molecule has 14 heteroatoms. The van der Waals surface area contributed by atoms with Crippen LogP contribution in [0.25, 0.3) is 10.8 Å². The summed E-state index contributed by atoms with van der Waals surface area (Å²) in [6.45, 7) is 8.76. The maximum absolute atomic E-state index is 12.7. The quantitative estimate of drug-likeness (QED) is 0.108. The highest BCUT2D eigenvalue weighted by Crippen LogP contribution is 2.46. The number of carbonyl (C=O) groups is 2. The monoisotopic (exact) mass is 670 g/mol. The number of hydrogen-bond acceptors (Lipinski definition) is 8. The van der Waals surface area contributed by atoms with Crippen LogP contribution in [0.2, 0.25) is 0 Å². The second kappa shape index (κ2) is 21.0. The van der Waals surface area contributed by atoms with Crippen molar-refractivity contribution in [1.29, 1.82) is 5.26 Å². The predicted octanol–water partition coefficient (Wildman–Crippen LogP) is 6.98. The Hall–Kier alpha value is -3.01. The highest BCUT2D eigenvalue weighted by molar-refractivity contribution is 7.44. The van der Waals surface area contributed by atoms with Crippen molar-refractivity contribution in [3.05, 3.63) is 48.0 Å². The zero-order chi connectivity index (χ0) is 34.0. The van der Waals surface area contributed by atoms with E-state index >= 15 is 0 Å². The van der Waals surface area contributed by atoms with Gasteiger partial charge in [0.25, 0.3) is 8.53 Å². The first-order valence-electron chi connectivity index (χ1n) is 15.5. The van der Waals surface area contributed by atoms with Crippen LogP contribution in [-0.4, -0.2) is 73.9 Å². The topological polar surface area (TPSA) is 122 Å². The minimum atomic E-state index is -5.06. The number of unbranched alkanes of at least 4 members (excludes halogenated alkanes) is 3. The van der Waals surface area contributed by atoms with Crippen LogP contribution < -0.4 is 10.6 Å². The molecule has 46 heavy (non-hydrogen) atoms. The van der Waals surface area contributed by atoms with Crippen molar-refractivity contribution in [2.75, 3.05) is 32.9 Å². The summed E-state index contributed by atoms with van der Waals surface area (Å²) in [5, 5.41) is 15.2. The average molecular weight is 671 g/mol. The standard InChI is InChI=1S/C32H46F3N4O6P/c1-24(2)39(25(3)4)46(44-20-12-17-36)43-19-10-6-5-9-18-37-31(41)45-28(21-38-30(40)32(33,34)35)23-42-22-27-15-11-14-26-13-7-8-16-29(26)27/h7-8,11,13-16,24-25,28H,5-6,9-10,12,18-23H2,1-4H3,(H,37,41)(H,38,40)/t28-,46?/m1/s1. The van der Waals surface area contributed by atoms with Crippen molar-refractivity contribution in [1.82, 2.24) is 15.3 Å². The Balaban J connectivity index is 1.76. The van der Waals surface area contributed by atoms with Crippen LogP contribution in [0.1, 0.15) is 65.4 Å². The number of alkyl carbamates (subject to hydrolysis) is 1. The maximum Gasteiger partial charge on any atom is 0.471 e. The molecule has 0 aromatic heterocycles. The minimum Gasteiger partial charge on any atom is -0.442 e. The van der Waals surface area contributed by atoms with Gasteiger partial charge in [-0.15, -0.1) is 0 Å². The number of rotatable bonds is 21. The smallest absolute Gasteiger partial charge is 0.442 e. The molecule has 0 aliphatic heterocycles. The van der Waals surface area contributed by atoms with E-state index in [0.29, 0.717) is 32.6 Å². The molecule has 0 fully saturated rings. The van der Waals surface area contributed by atoms with Gasteiger partial charge in [-0.3, -0.25) is 4.79 Å². The number of ether oxygens (including phenoxy) is 2. The maximum atomic E-state index is 12.7. The third-order valence-corrected chi connectivity index (χ3v) is 8.77. The van der Waals surface area contributed by atoms with Crippen LogP contribution in [0.4, 0.5) is 18.0 Å². The van der Waals surface area contributed by atoms with Crippen LogP contribution in [0, 0.1) is 11.3 Å². The molecule has 0 heterocycles. The number of carbonyl (C=O) groups excluding carboxylic acids is 2. The van der Waals surface area contributed by atoms with Crippen LogP contribution in [0.15, 0.2) is 42.5 Å². The summed E-state index contributed by atoms with van der Waals surface area (Å²) in [5.74, 6) is -2.12. The van der Waals surface area contributed by atoms with Crippen molar-refractivity contribution in [3.63, 3.8) is 0 Å². The molecule has 0 saturated heterocycles. The van der Waals surface area contributed by atoms with Crippen molar-refractivity contribution >= 4 is 31.3 Å². The van der Waals surface area contributed by atoms with Crippen LogP contribution in [0.3, 0.4) is 0 Å². The number of hydrogen-bond donors (Lipinski definition) is 2. The Morgan fingerprint density at radius 1 is 0.935 bits per heavy atom. The lowest BCUT2D eigenvalue weighted by molar-refractivity contribution is -0.174. The predicted molar refractivity (Wildman–Crippen MR) is 171 cm³/mol. The molecule has 10 nitrogen and oxygen atoms in total. The summed E-state index contributed by atoms with van der Waals surface area (Å²) in [6.07, 6.45) is -3.64. The van der Waals surface area contributed by atoms with E-state index in [4.69, 9.17) is 23.8 Å². The number of halogens is 3. The van der Waals surface area contributed by atoms with E-state index in [-0.39, 0.29) is 25.3 Å². The van der Waals surface area contributed by atoms with E-state index in [1.54, 1.807) is 5.32 Å². The van der Waals surface area contributed by atoms with Crippen LogP contribution in [0.5, 0.6) is 0 Å². The SMILES string of the molecule is CC(C)N(C(C)C)P(OCCC#N)OCCCCCCNC(=O)O[C@H](CNC(=O)C(F)(F)F)COCc1cccc2ccccc12. The minimum absolute atomic E-state index is 0.140. The molecule has 1 unspecified atom stereocenters. The Labute approximate surface area is 270 Å². The fourth-order valence-corrected chi connectivity index (χ4v) is 6.21. The van der Waals surface area contributed by atoms with E-state index < -0.39 is 39.4 Å². The number of benzene rings is 2. The summed E-state index contributed by atoms with van der Waals surface area (Å²) in [5.41, 5.74) is 0.867. The molecular weight excluding hydrogens is 624 g/mol. The van der Waals surface area contributed by atoms with Crippen molar-refractivity contribution in [2.24, 2.45) is 0 Å². The van der Waals surface area contributed by atoms with Gasteiger partial charge in [-0.2, -0.15) is 18.4 Å². The number of amides is 2. The fraction of sp³-hybridized carbons (Fsp3) is 0.594. The molecule has 0 aliphatic rings. The van der Waals surface area contributed by atoms with E-state index in [1.807, 2.05) is 42.5 Å². The van der Waals surface area contributed by atoms with Gasteiger partial charge in [0.1, 0.15) is 6.10 Å². The number of nitrogens with one attached hydrogen (secondary N) is 2. The van der Waals surface area contributed by atoms with Gasteiger partial charge in [-0.05, 0) is 56.9 Å². The van der Waals surface area contributed by atoms with Gasteiger partial charge >= 0.3 is 18.2 Å². The van der Waals surface area contributed by atoms with Gasteiger partial charge in [-0.25, -0.2) is 9.46 Å². The summed E-state index contributed by atoms with van der Waals surface area (Å²) >= 11 is 0. The highest BCUT2D eigenvalue weighted by Gasteiger charge is 2.39. The van der Waals surface area contributed by atoms with E-state index in [0.717, 1.165) is 35.6 Å². The normalized spacial score (nSPS) is 13.2. The molecule has 2 amide bonds. The molecule has 2 N–H and O–H groups in total. The lowest BCUT2D eigenvalue weighted by atomic mass is 10.1.